The molecule has 0 spiro atoms. The maximum absolute atomic E-state index is 12.9. The standard InChI is InChI=1S/C22H18F2N4O2/c23-22(24)11-16(12-22)27-21(30)18-10-15(6-9-26-18)20(29)28-19-13-25-8-7-17(19)14-4-2-1-3-5-14/h1-10,13,16H,11-12H2,(H,27,30)(H,28,29). The third-order valence-corrected chi connectivity index (χ3v) is 4.83. The lowest BCUT2D eigenvalue weighted by Crippen LogP contribution is -2.50. The zero-order chi connectivity index (χ0) is 21.1. The van der Waals surface area contributed by atoms with Gasteiger partial charge in [-0.1, -0.05) is 30.3 Å². The highest BCUT2D eigenvalue weighted by Gasteiger charge is 2.46. The number of pyridine rings is 2. The Labute approximate surface area is 171 Å². The third-order valence-electron chi connectivity index (χ3n) is 4.83. The summed E-state index contributed by atoms with van der Waals surface area (Å²) in [4.78, 5) is 33.0. The first-order valence-corrected chi connectivity index (χ1v) is 9.37. The third kappa shape index (κ3) is 4.32. The normalized spacial score (nSPS) is 15.1. The van der Waals surface area contributed by atoms with Crippen molar-refractivity contribution in [2.45, 2.75) is 24.8 Å². The van der Waals surface area contributed by atoms with E-state index in [9.17, 15) is 18.4 Å². The van der Waals surface area contributed by atoms with Gasteiger partial charge < -0.3 is 10.6 Å². The molecule has 0 unspecified atom stereocenters. The van der Waals surface area contributed by atoms with Crippen molar-refractivity contribution in [3.8, 4) is 11.1 Å². The Kier molecular flexibility index (Phi) is 5.22. The van der Waals surface area contributed by atoms with E-state index in [0.29, 0.717) is 5.69 Å². The molecular formula is C22H18F2N4O2. The van der Waals surface area contributed by atoms with Gasteiger partial charge in [-0.3, -0.25) is 19.6 Å². The first-order valence-electron chi connectivity index (χ1n) is 9.37. The lowest BCUT2D eigenvalue weighted by molar-refractivity contribution is -0.0901. The highest BCUT2D eigenvalue weighted by Crippen LogP contribution is 2.37. The zero-order valence-electron chi connectivity index (χ0n) is 15.8. The van der Waals surface area contributed by atoms with E-state index in [1.807, 2.05) is 30.3 Å². The van der Waals surface area contributed by atoms with Crippen molar-refractivity contribution in [2.75, 3.05) is 5.32 Å². The van der Waals surface area contributed by atoms with Crippen LogP contribution in [0.15, 0.2) is 67.1 Å². The summed E-state index contributed by atoms with van der Waals surface area (Å²) in [5.74, 6) is -3.75. The van der Waals surface area contributed by atoms with Crippen LogP contribution in [0.1, 0.15) is 33.7 Å². The molecule has 3 aromatic rings. The van der Waals surface area contributed by atoms with Crippen molar-refractivity contribution >= 4 is 17.5 Å². The summed E-state index contributed by atoms with van der Waals surface area (Å²) in [5.41, 5.74) is 2.46. The number of nitrogens with one attached hydrogen (secondary N) is 2. The summed E-state index contributed by atoms with van der Waals surface area (Å²) in [5, 5.41) is 5.32. The second-order valence-corrected chi connectivity index (χ2v) is 7.11. The molecule has 30 heavy (non-hydrogen) atoms. The minimum Gasteiger partial charge on any atom is -0.348 e. The number of rotatable bonds is 5. The highest BCUT2D eigenvalue weighted by molar-refractivity contribution is 6.07. The smallest absolute Gasteiger partial charge is 0.270 e. The molecule has 0 saturated heterocycles. The molecule has 1 fully saturated rings. The van der Waals surface area contributed by atoms with Crippen molar-refractivity contribution in [2.24, 2.45) is 0 Å². The van der Waals surface area contributed by atoms with Crippen molar-refractivity contribution in [3.63, 3.8) is 0 Å². The summed E-state index contributed by atoms with van der Waals surface area (Å²) in [6.45, 7) is 0. The minimum absolute atomic E-state index is 0.00710. The second-order valence-electron chi connectivity index (χ2n) is 7.11. The molecule has 0 atom stereocenters. The molecule has 0 aliphatic heterocycles. The van der Waals surface area contributed by atoms with E-state index >= 15 is 0 Å². The molecule has 1 aliphatic carbocycles. The molecule has 1 aliphatic rings. The lowest BCUT2D eigenvalue weighted by atomic mass is 9.88. The quantitative estimate of drug-likeness (QED) is 0.670. The van der Waals surface area contributed by atoms with E-state index in [1.165, 1.54) is 18.3 Å². The van der Waals surface area contributed by atoms with Gasteiger partial charge in [0.05, 0.1) is 11.9 Å². The van der Waals surface area contributed by atoms with Crippen LogP contribution < -0.4 is 10.6 Å². The largest absolute Gasteiger partial charge is 0.348 e. The number of nitrogens with zero attached hydrogens (tertiary/aromatic N) is 2. The van der Waals surface area contributed by atoms with Gasteiger partial charge >= 0.3 is 0 Å². The Morgan fingerprint density at radius 1 is 1.00 bits per heavy atom. The minimum atomic E-state index is -2.73. The predicted molar refractivity (Wildman–Crippen MR) is 107 cm³/mol. The van der Waals surface area contributed by atoms with E-state index in [1.54, 1.807) is 18.5 Å². The highest BCUT2D eigenvalue weighted by atomic mass is 19.3. The summed E-state index contributed by atoms with van der Waals surface area (Å²) in [7, 11) is 0. The maximum atomic E-state index is 12.9. The van der Waals surface area contributed by atoms with Crippen molar-refractivity contribution in [3.05, 3.63) is 78.4 Å². The second kappa shape index (κ2) is 7.98. The molecule has 152 valence electrons. The molecule has 6 nitrogen and oxygen atoms in total. The summed E-state index contributed by atoms with van der Waals surface area (Å²) >= 11 is 0. The van der Waals surface area contributed by atoms with Crippen LogP contribution >= 0.6 is 0 Å². The molecule has 2 aromatic heterocycles. The predicted octanol–water partition coefficient (Wildman–Crippen LogP) is 3.92. The molecule has 0 bridgehead atoms. The van der Waals surface area contributed by atoms with Crippen LogP contribution in [0.5, 0.6) is 0 Å². The van der Waals surface area contributed by atoms with Gasteiger partial charge in [0.25, 0.3) is 17.7 Å². The molecule has 2 heterocycles. The van der Waals surface area contributed by atoms with Gasteiger partial charge in [-0.05, 0) is 23.8 Å². The number of aromatic nitrogens is 2. The lowest BCUT2D eigenvalue weighted by Gasteiger charge is -2.35. The Morgan fingerprint density at radius 3 is 2.50 bits per heavy atom. The Balaban J connectivity index is 1.49. The van der Waals surface area contributed by atoms with Gasteiger partial charge in [0.2, 0.25) is 0 Å². The van der Waals surface area contributed by atoms with Crippen LogP contribution in [0.2, 0.25) is 0 Å². The number of anilines is 1. The molecule has 2 amide bonds. The van der Waals surface area contributed by atoms with Crippen molar-refractivity contribution in [1.29, 1.82) is 0 Å². The zero-order valence-corrected chi connectivity index (χ0v) is 15.8. The molecule has 2 N–H and O–H groups in total. The van der Waals surface area contributed by atoms with Crippen LogP contribution in [-0.4, -0.2) is 33.7 Å². The fourth-order valence-corrected chi connectivity index (χ4v) is 3.28. The SMILES string of the molecule is O=C(Nc1cnccc1-c1ccccc1)c1ccnc(C(=O)NC2CC(F)(F)C2)c1. The number of hydrogen-bond donors (Lipinski definition) is 2. The van der Waals surface area contributed by atoms with E-state index in [2.05, 4.69) is 20.6 Å². The van der Waals surface area contributed by atoms with Crippen LogP contribution in [0.3, 0.4) is 0 Å². The molecular weight excluding hydrogens is 390 g/mol. The van der Waals surface area contributed by atoms with Crippen LogP contribution in [0.4, 0.5) is 14.5 Å². The molecule has 1 saturated carbocycles. The average molecular weight is 408 g/mol. The fraction of sp³-hybridized carbons (Fsp3) is 0.182. The number of alkyl halides is 2. The topological polar surface area (TPSA) is 84.0 Å². The molecule has 0 radical (unpaired) electrons. The van der Waals surface area contributed by atoms with Crippen LogP contribution in [0.25, 0.3) is 11.1 Å². The molecule has 1 aromatic carbocycles. The monoisotopic (exact) mass is 408 g/mol. The van der Waals surface area contributed by atoms with Gasteiger partial charge in [-0.15, -0.1) is 0 Å². The van der Waals surface area contributed by atoms with Crippen molar-refractivity contribution < 1.29 is 18.4 Å². The molecule has 8 heteroatoms. The van der Waals surface area contributed by atoms with E-state index in [0.717, 1.165) is 11.1 Å². The van der Waals surface area contributed by atoms with Gasteiger partial charge in [0, 0.05) is 42.4 Å². The van der Waals surface area contributed by atoms with Gasteiger partial charge in [0.1, 0.15) is 5.69 Å². The van der Waals surface area contributed by atoms with Crippen LogP contribution in [0, 0.1) is 0 Å². The number of hydrogen-bond acceptors (Lipinski definition) is 4. The Bertz CT molecular complexity index is 1080. The number of carbonyl (C=O) groups excluding carboxylic acids is 2. The summed E-state index contributed by atoms with van der Waals surface area (Å²) in [6.07, 6.45) is 3.74. The Morgan fingerprint density at radius 2 is 1.77 bits per heavy atom. The summed E-state index contributed by atoms with van der Waals surface area (Å²) < 4.78 is 25.9. The first kappa shape index (κ1) is 19.6. The van der Waals surface area contributed by atoms with Crippen molar-refractivity contribution in [1.82, 2.24) is 15.3 Å². The van der Waals surface area contributed by atoms with Gasteiger partial charge in [-0.2, -0.15) is 0 Å². The number of carbonyl (C=O) groups is 2. The summed E-state index contributed by atoms with van der Waals surface area (Å²) in [6, 6.07) is 13.5. The first-order chi connectivity index (χ1) is 14.4. The van der Waals surface area contributed by atoms with E-state index in [-0.39, 0.29) is 24.1 Å². The van der Waals surface area contributed by atoms with E-state index in [4.69, 9.17) is 0 Å². The molecule has 4 rings (SSSR count). The van der Waals surface area contributed by atoms with Crippen LogP contribution in [-0.2, 0) is 0 Å². The number of halogens is 2. The average Bonchev–Trinajstić information content (AvgIpc) is 2.73. The Hall–Kier alpha value is -3.68. The fourth-order valence-electron chi connectivity index (χ4n) is 3.28. The number of amides is 2. The van der Waals surface area contributed by atoms with Gasteiger partial charge in [0.15, 0.2) is 0 Å². The van der Waals surface area contributed by atoms with E-state index < -0.39 is 23.8 Å². The number of benzene rings is 1. The maximum Gasteiger partial charge on any atom is 0.270 e. The van der Waals surface area contributed by atoms with Gasteiger partial charge in [-0.25, -0.2) is 8.78 Å².